The number of anilines is 3. The lowest BCUT2D eigenvalue weighted by Gasteiger charge is -2.38. The summed E-state index contributed by atoms with van der Waals surface area (Å²) in [5.41, 5.74) is 0.460. The van der Waals surface area contributed by atoms with Crippen LogP contribution in [0.2, 0.25) is 0 Å². The number of rotatable bonds is 6. The number of nitrogens with one attached hydrogen (secondary N) is 1. The molecular weight excluding hydrogens is 748 g/mol. The molecule has 3 amide bonds. The molecule has 16 heteroatoms. The third kappa shape index (κ3) is 9.37. The summed E-state index contributed by atoms with van der Waals surface area (Å²) in [5.74, 6) is 0.920. The number of benzene rings is 1. The van der Waals surface area contributed by atoms with Crippen molar-refractivity contribution < 1.29 is 37.7 Å². The van der Waals surface area contributed by atoms with Gasteiger partial charge in [0, 0.05) is 72.8 Å². The van der Waals surface area contributed by atoms with Crippen molar-refractivity contribution in [1.29, 1.82) is 0 Å². The number of likely N-dealkylation sites (tertiary alicyclic amines) is 1. The molecule has 1 N–H and O–H groups in total. The summed E-state index contributed by atoms with van der Waals surface area (Å²) < 4.78 is 40.7. The Balaban J connectivity index is 0.00000279. The minimum Gasteiger partial charge on any atom is -0.491 e. The molecule has 4 aromatic rings. The number of pyridine rings is 2. The van der Waals surface area contributed by atoms with Crippen LogP contribution < -0.4 is 19.7 Å². The van der Waals surface area contributed by atoms with E-state index in [9.17, 15) is 14.4 Å². The molecule has 1 aromatic carbocycles. The Hall–Kier alpha value is -5.67. The number of nitrogens with zero attached hydrogens (tertiary/aromatic N) is 7. The molecule has 3 aromatic heterocycles. The number of hydrogen-bond donors (Lipinski definition) is 1. The van der Waals surface area contributed by atoms with Gasteiger partial charge >= 0.3 is 12.2 Å². The minimum absolute atomic E-state index is 0.0172. The van der Waals surface area contributed by atoms with Crippen molar-refractivity contribution in [3.05, 3.63) is 48.2 Å². The maximum Gasteiger partial charge on any atom is 0.415 e. The highest BCUT2D eigenvalue weighted by molar-refractivity contribution is 5.97. The molecule has 1 fully saturated rings. The van der Waals surface area contributed by atoms with Crippen LogP contribution >= 0.6 is 0 Å². The van der Waals surface area contributed by atoms with Gasteiger partial charge in [0.1, 0.15) is 36.0 Å². The zero-order chi connectivity index (χ0) is 41.9. The molecule has 3 aliphatic rings. The maximum absolute atomic E-state index is 15.9. The van der Waals surface area contributed by atoms with E-state index < -0.39 is 23.1 Å². The van der Waals surface area contributed by atoms with E-state index in [1.54, 1.807) is 55.6 Å². The molecule has 15 nitrogen and oxygen atoms in total. The summed E-state index contributed by atoms with van der Waals surface area (Å²) in [6.45, 7) is 19.1. The van der Waals surface area contributed by atoms with Gasteiger partial charge in [0.25, 0.3) is 0 Å². The zero-order valence-electron chi connectivity index (χ0n) is 35.0. The second kappa shape index (κ2) is 17.0. The summed E-state index contributed by atoms with van der Waals surface area (Å²) in [6, 6.07) is 6.84. The average molecular weight is 803 g/mol. The maximum atomic E-state index is 15.9. The van der Waals surface area contributed by atoms with Crippen LogP contribution in [0.1, 0.15) is 80.8 Å². The highest BCUT2D eigenvalue weighted by atomic mass is 19.1. The monoisotopic (exact) mass is 802 g/mol. The van der Waals surface area contributed by atoms with Gasteiger partial charge in [0.2, 0.25) is 11.8 Å². The fraction of sp³-hybridized carbons (Fsp3) is 0.524. The standard InChI is InChI=1S/C40H49FN8O7.C2H6/c1-8-53-35-29(22-43-36-34(35)48(15-16-54-36)38(52)56-40(5,6)7)28-17-24-19-31(42-21-25(24)18-30(28)41)44-32-20-27-11-14-47(33(50)23-49(27)45-32)26-9-12-46(13-10-26)37(51)55-39(2,3)4;1-2/h17-22,26H,8-16,23H2,1-7H3,(H,42,44,45);1-2H3. The predicted octanol–water partition coefficient (Wildman–Crippen LogP) is 7.72. The van der Waals surface area contributed by atoms with Crippen LogP contribution in [-0.2, 0) is 27.2 Å². The zero-order valence-corrected chi connectivity index (χ0v) is 35.0. The Morgan fingerprint density at radius 2 is 1.59 bits per heavy atom. The topological polar surface area (TPSA) is 153 Å². The van der Waals surface area contributed by atoms with E-state index in [0.29, 0.717) is 66.9 Å². The molecule has 6 heterocycles. The van der Waals surface area contributed by atoms with Gasteiger partial charge < -0.3 is 34.1 Å². The van der Waals surface area contributed by atoms with Crippen LogP contribution in [-0.4, -0.2) is 104 Å². The molecular formula is C42H55FN8O7. The van der Waals surface area contributed by atoms with Gasteiger partial charge in [-0.1, -0.05) is 13.8 Å². The number of hydrogen-bond acceptors (Lipinski definition) is 11. The Bertz CT molecular complexity index is 2150. The summed E-state index contributed by atoms with van der Waals surface area (Å²) in [6.07, 6.45) is 4.15. The second-order valence-corrected chi connectivity index (χ2v) is 16.2. The van der Waals surface area contributed by atoms with Gasteiger partial charge in [-0.15, -0.1) is 0 Å². The van der Waals surface area contributed by atoms with Crippen molar-refractivity contribution in [3.63, 3.8) is 0 Å². The molecule has 1 saturated heterocycles. The van der Waals surface area contributed by atoms with E-state index in [1.807, 2.05) is 45.6 Å². The van der Waals surface area contributed by atoms with Crippen LogP contribution in [0.15, 0.2) is 36.7 Å². The molecule has 58 heavy (non-hydrogen) atoms. The molecule has 0 spiro atoms. The van der Waals surface area contributed by atoms with Crippen molar-refractivity contribution in [1.82, 2.24) is 29.5 Å². The number of aromatic nitrogens is 4. The summed E-state index contributed by atoms with van der Waals surface area (Å²) >= 11 is 0. The number of carbonyl (C=O) groups excluding carboxylic acids is 3. The second-order valence-electron chi connectivity index (χ2n) is 16.2. The van der Waals surface area contributed by atoms with Crippen molar-refractivity contribution in [3.8, 4) is 22.8 Å². The van der Waals surface area contributed by atoms with Gasteiger partial charge in [-0.05, 0) is 84.9 Å². The normalized spacial score (nSPS) is 16.0. The number of ether oxygens (including phenoxy) is 4. The van der Waals surface area contributed by atoms with E-state index in [0.717, 1.165) is 5.69 Å². The van der Waals surface area contributed by atoms with Crippen LogP contribution in [0, 0.1) is 5.82 Å². The van der Waals surface area contributed by atoms with Crippen molar-refractivity contribution in [2.75, 3.05) is 49.6 Å². The number of halogens is 1. The highest BCUT2D eigenvalue weighted by Crippen LogP contribution is 2.46. The van der Waals surface area contributed by atoms with Crippen LogP contribution in [0.3, 0.4) is 0 Å². The summed E-state index contributed by atoms with van der Waals surface area (Å²) in [4.78, 5) is 53.3. The van der Waals surface area contributed by atoms with E-state index in [1.165, 1.54) is 17.2 Å². The first kappa shape index (κ1) is 41.9. The molecule has 3 aliphatic heterocycles. The lowest BCUT2D eigenvalue weighted by atomic mass is 10.0. The number of fused-ring (bicyclic) bond motifs is 3. The fourth-order valence-corrected chi connectivity index (χ4v) is 7.22. The number of amides is 3. The largest absolute Gasteiger partial charge is 0.491 e. The smallest absolute Gasteiger partial charge is 0.415 e. The molecule has 0 bridgehead atoms. The lowest BCUT2D eigenvalue weighted by Crippen LogP contribution is -2.50. The van der Waals surface area contributed by atoms with Gasteiger partial charge in [-0.25, -0.2) is 23.9 Å². The quantitative estimate of drug-likeness (QED) is 0.204. The SMILES string of the molecule is CC.CCOc1c(-c2cc3cc(Nc4cc5n(n4)CC(=O)N(C4CCN(C(=O)OC(C)(C)C)CC4)CC5)ncc3cc2F)cnc2c1N(C(=O)OC(C)(C)C)CCO2. The Labute approximate surface area is 338 Å². The van der Waals surface area contributed by atoms with Gasteiger partial charge in [-0.3, -0.25) is 14.4 Å². The summed E-state index contributed by atoms with van der Waals surface area (Å²) in [5, 5.41) is 9.20. The van der Waals surface area contributed by atoms with Crippen molar-refractivity contribution in [2.45, 2.75) is 105 Å². The molecule has 0 radical (unpaired) electrons. The third-order valence-corrected chi connectivity index (χ3v) is 9.69. The van der Waals surface area contributed by atoms with Gasteiger partial charge in [-0.2, -0.15) is 5.10 Å². The highest BCUT2D eigenvalue weighted by Gasteiger charge is 2.35. The lowest BCUT2D eigenvalue weighted by molar-refractivity contribution is -0.134. The average Bonchev–Trinajstić information content (AvgIpc) is 3.46. The Kier molecular flexibility index (Phi) is 12.3. The van der Waals surface area contributed by atoms with Gasteiger partial charge in [0.05, 0.1) is 13.2 Å². The van der Waals surface area contributed by atoms with Crippen molar-refractivity contribution in [2.24, 2.45) is 0 Å². The summed E-state index contributed by atoms with van der Waals surface area (Å²) in [7, 11) is 0. The molecule has 0 atom stereocenters. The first-order valence-corrected chi connectivity index (χ1v) is 20.1. The number of carbonyl (C=O) groups is 3. The van der Waals surface area contributed by atoms with E-state index in [-0.39, 0.29) is 67.2 Å². The van der Waals surface area contributed by atoms with E-state index in [4.69, 9.17) is 24.0 Å². The fourth-order valence-electron chi connectivity index (χ4n) is 7.22. The Morgan fingerprint density at radius 3 is 2.28 bits per heavy atom. The Morgan fingerprint density at radius 1 is 0.879 bits per heavy atom. The van der Waals surface area contributed by atoms with E-state index >= 15 is 4.39 Å². The van der Waals surface area contributed by atoms with Crippen LogP contribution in [0.25, 0.3) is 21.9 Å². The van der Waals surface area contributed by atoms with Crippen LogP contribution in [0.5, 0.6) is 11.6 Å². The minimum atomic E-state index is -0.741. The first-order valence-electron chi connectivity index (χ1n) is 20.1. The first-order chi connectivity index (χ1) is 27.6. The third-order valence-electron chi connectivity index (χ3n) is 9.69. The predicted molar refractivity (Wildman–Crippen MR) is 218 cm³/mol. The van der Waals surface area contributed by atoms with Gasteiger partial charge in [0.15, 0.2) is 17.3 Å². The molecule has 0 unspecified atom stereocenters. The van der Waals surface area contributed by atoms with Crippen LogP contribution in [0.4, 0.5) is 31.3 Å². The number of piperidine rings is 1. The molecule has 312 valence electrons. The van der Waals surface area contributed by atoms with Crippen molar-refractivity contribution >= 4 is 46.2 Å². The van der Waals surface area contributed by atoms with E-state index in [2.05, 4.69) is 15.3 Å². The molecule has 0 aliphatic carbocycles. The molecule has 7 rings (SSSR count). The molecule has 0 saturated carbocycles.